The number of likely N-dealkylation sites (tertiary alicyclic amines) is 1. The third-order valence-electron chi connectivity index (χ3n) is 4.51. The maximum absolute atomic E-state index is 6.49. The summed E-state index contributed by atoms with van der Waals surface area (Å²) in [6, 6.07) is 6.51. The molecule has 1 saturated heterocycles. The van der Waals surface area contributed by atoms with Gasteiger partial charge in [-0.25, -0.2) is 0 Å². The molecule has 2 aliphatic rings. The van der Waals surface area contributed by atoms with Crippen LogP contribution in [-0.4, -0.2) is 31.1 Å². The van der Waals surface area contributed by atoms with E-state index < -0.39 is 0 Å². The molecule has 2 unspecified atom stereocenters. The van der Waals surface area contributed by atoms with Crippen molar-refractivity contribution < 1.29 is 4.74 Å². The predicted molar refractivity (Wildman–Crippen MR) is 77.4 cm³/mol. The van der Waals surface area contributed by atoms with Gasteiger partial charge in [-0.05, 0) is 37.9 Å². The Hall–Kier alpha value is -1.06. The summed E-state index contributed by atoms with van der Waals surface area (Å²) in [4.78, 5) is 2.53. The lowest BCUT2D eigenvalue weighted by Crippen LogP contribution is -2.39. The normalized spacial score (nSPS) is 27.1. The molecule has 2 aliphatic heterocycles. The van der Waals surface area contributed by atoms with Gasteiger partial charge in [0.05, 0.1) is 6.61 Å². The molecule has 19 heavy (non-hydrogen) atoms. The van der Waals surface area contributed by atoms with E-state index in [0.717, 1.165) is 25.3 Å². The van der Waals surface area contributed by atoms with Gasteiger partial charge in [-0.2, -0.15) is 0 Å². The Labute approximate surface area is 115 Å². The van der Waals surface area contributed by atoms with Gasteiger partial charge in [0.1, 0.15) is 5.75 Å². The van der Waals surface area contributed by atoms with Crippen molar-refractivity contribution in [3.63, 3.8) is 0 Å². The molecule has 3 heteroatoms. The standard InChI is InChI=1S/C16H24N2O/c1-2-12-6-5-7-14-15(17)13(11-19-16(12)14)10-18-8-3-4-9-18/h5-7,13,15H,2-4,8-11,17H2,1H3. The van der Waals surface area contributed by atoms with Crippen LogP contribution in [-0.2, 0) is 6.42 Å². The highest BCUT2D eigenvalue weighted by molar-refractivity contribution is 5.45. The van der Waals surface area contributed by atoms with E-state index in [2.05, 4.69) is 30.0 Å². The van der Waals surface area contributed by atoms with Crippen LogP contribution in [0.3, 0.4) is 0 Å². The zero-order chi connectivity index (χ0) is 13.2. The van der Waals surface area contributed by atoms with Crippen molar-refractivity contribution in [3.8, 4) is 5.75 Å². The van der Waals surface area contributed by atoms with Gasteiger partial charge < -0.3 is 15.4 Å². The van der Waals surface area contributed by atoms with E-state index in [1.54, 1.807) is 0 Å². The van der Waals surface area contributed by atoms with Crippen LogP contribution < -0.4 is 10.5 Å². The van der Waals surface area contributed by atoms with Gasteiger partial charge in [-0.15, -0.1) is 0 Å². The number of nitrogens with zero attached hydrogens (tertiary/aromatic N) is 1. The van der Waals surface area contributed by atoms with E-state index in [1.807, 2.05) is 0 Å². The Kier molecular flexibility index (Phi) is 3.76. The molecule has 0 saturated carbocycles. The second-order valence-electron chi connectivity index (χ2n) is 5.79. The van der Waals surface area contributed by atoms with Gasteiger partial charge in [-0.3, -0.25) is 0 Å². The number of hydrogen-bond acceptors (Lipinski definition) is 3. The number of ether oxygens (including phenoxy) is 1. The van der Waals surface area contributed by atoms with Crippen molar-refractivity contribution >= 4 is 0 Å². The fraction of sp³-hybridized carbons (Fsp3) is 0.625. The smallest absolute Gasteiger partial charge is 0.127 e. The molecular weight excluding hydrogens is 236 g/mol. The topological polar surface area (TPSA) is 38.5 Å². The van der Waals surface area contributed by atoms with Crippen molar-refractivity contribution in [1.29, 1.82) is 0 Å². The minimum atomic E-state index is 0.121. The van der Waals surface area contributed by atoms with E-state index in [4.69, 9.17) is 10.5 Å². The molecule has 0 aliphatic carbocycles. The third-order valence-corrected chi connectivity index (χ3v) is 4.51. The van der Waals surface area contributed by atoms with Gasteiger partial charge >= 0.3 is 0 Å². The quantitative estimate of drug-likeness (QED) is 0.906. The predicted octanol–water partition coefficient (Wildman–Crippen LogP) is 2.35. The maximum Gasteiger partial charge on any atom is 0.127 e. The largest absolute Gasteiger partial charge is 0.493 e. The van der Waals surface area contributed by atoms with Crippen molar-refractivity contribution in [2.24, 2.45) is 11.7 Å². The molecule has 2 heterocycles. The SMILES string of the molecule is CCc1cccc2c1OCC(CN1CCCC1)C2N. The van der Waals surface area contributed by atoms with Crippen molar-refractivity contribution in [2.45, 2.75) is 32.2 Å². The molecule has 0 radical (unpaired) electrons. The van der Waals surface area contributed by atoms with Crippen molar-refractivity contribution in [3.05, 3.63) is 29.3 Å². The van der Waals surface area contributed by atoms with Crippen LogP contribution in [0.1, 0.15) is 36.9 Å². The minimum absolute atomic E-state index is 0.121. The average molecular weight is 260 g/mol. The first-order valence-electron chi connectivity index (χ1n) is 7.52. The lowest BCUT2D eigenvalue weighted by atomic mass is 9.89. The summed E-state index contributed by atoms with van der Waals surface area (Å²) in [7, 11) is 0. The summed E-state index contributed by atoms with van der Waals surface area (Å²) in [5, 5.41) is 0. The van der Waals surface area contributed by atoms with Crippen LogP contribution in [0.4, 0.5) is 0 Å². The van der Waals surface area contributed by atoms with E-state index in [-0.39, 0.29) is 6.04 Å². The third kappa shape index (κ3) is 2.49. The minimum Gasteiger partial charge on any atom is -0.493 e. The highest BCUT2D eigenvalue weighted by atomic mass is 16.5. The van der Waals surface area contributed by atoms with Gasteiger partial charge in [-0.1, -0.05) is 25.1 Å². The van der Waals surface area contributed by atoms with Gasteiger partial charge in [0.15, 0.2) is 0 Å². The molecule has 1 aromatic rings. The Balaban J connectivity index is 1.77. The van der Waals surface area contributed by atoms with Crippen LogP contribution in [0.5, 0.6) is 5.75 Å². The number of hydrogen-bond donors (Lipinski definition) is 1. The Morgan fingerprint density at radius 1 is 1.32 bits per heavy atom. The van der Waals surface area contributed by atoms with E-state index in [9.17, 15) is 0 Å². The molecule has 0 aromatic heterocycles. The summed E-state index contributed by atoms with van der Waals surface area (Å²) in [6.45, 7) is 6.47. The zero-order valence-corrected chi connectivity index (χ0v) is 11.8. The first-order chi connectivity index (χ1) is 9.29. The molecule has 3 nitrogen and oxygen atoms in total. The molecule has 104 valence electrons. The number of para-hydroxylation sites is 1. The molecule has 2 atom stereocenters. The zero-order valence-electron chi connectivity index (χ0n) is 11.8. The second kappa shape index (κ2) is 5.51. The average Bonchev–Trinajstić information content (AvgIpc) is 2.94. The van der Waals surface area contributed by atoms with Crippen LogP contribution in [0.15, 0.2) is 18.2 Å². The molecular formula is C16H24N2O. The van der Waals surface area contributed by atoms with E-state index in [0.29, 0.717) is 5.92 Å². The Bertz CT molecular complexity index is 440. The first kappa shape index (κ1) is 12.9. The van der Waals surface area contributed by atoms with Gasteiger partial charge in [0.2, 0.25) is 0 Å². The summed E-state index contributed by atoms with van der Waals surface area (Å²) >= 11 is 0. The molecule has 0 amide bonds. The van der Waals surface area contributed by atoms with Crippen molar-refractivity contribution in [1.82, 2.24) is 4.90 Å². The van der Waals surface area contributed by atoms with Crippen molar-refractivity contribution in [2.75, 3.05) is 26.2 Å². The molecule has 0 spiro atoms. The fourth-order valence-electron chi connectivity index (χ4n) is 3.33. The second-order valence-corrected chi connectivity index (χ2v) is 5.79. The summed E-state index contributed by atoms with van der Waals surface area (Å²) in [5.41, 5.74) is 8.97. The molecule has 1 aromatic carbocycles. The lowest BCUT2D eigenvalue weighted by Gasteiger charge is -2.34. The number of aryl methyl sites for hydroxylation is 1. The molecule has 3 rings (SSSR count). The lowest BCUT2D eigenvalue weighted by molar-refractivity contribution is 0.150. The maximum atomic E-state index is 6.49. The first-order valence-corrected chi connectivity index (χ1v) is 7.52. The number of benzene rings is 1. The van der Waals surface area contributed by atoms with Gasteiger partial charge in [0.25, 0.3) is 0 Å². The highest BCUT2D eigenvalue weighted by Crippen LogP contribution is 2.37. The summed E-state index contributed by atoms with van der Waals surface area (Å²) in [5.74, 6) is 1.48. The molecule has 1 fully saturated rings. The number of nitrogens with two attached hydrogens (primary N) is 1. The van der Waals surface area contributed by atoms with Gasteiger partial charge in [0, 0.05) is 24.1 Å². The summed E-state index contributed by atoms with van der Waals surface area (Å²) < 4.78 is 6.03. The molecule has 0 bridgehead atoms. The monoisotopic (exact) mass is 260 g/mol. The van der Waals surface area contributed by atoms with E-state index in [1.165, 1.54) is 37.1 Å². The van der Waals surface area contributed by atoms with Crippen LogP contribution in [0.25, 0.3) is 0 Å². The van der Waals surface area contributed by atoms with E-state index >= 15 is 0 Å². The van der Waals surface area contributed by atoms with Crippen LogP contribution >= 0.6 is 0 Å². The number of fused-ring (bicyclic) bond motifs is 1. The Morgan fingerprint density at radius 3 is 2.84 bits per heavy atom. The number of rotatable bonds is 3. The summed E-state index contributed by atoms with van der Waals surface area (Å²) in [6.07, 6.45) is 3.67. The van der Waals surface area contributed by atoms with Crippen LogP contribution in [0.2, 0.25) is 0 Å². The van der Waals surface area contributed by atoms with Crippen LogP contribution in [0, 0.1) is 5.92 Å². The molecule has 2 N–H and O–H groups in total. The fourth-order valence-corrected chi connectivity index (χ4v) is 3.33. The Morgan fingerprint density at radius 2 is 2.11 bits per heavy atom. The highest BCUT2D eigenvalue weighted by Gasteiger charge is 2.31.